The first kappa shape index (κ1) is 24.2. The Balaban J connectivity index is 2.25. The molecule has 1 aliphatic rings. The van der Waals surface area contributed by atoms with Crippen LogP contribution in [0.1, 0.15) is 0 Å². The Labute approximate surface area is 170 Å². The zero-order valence-corrected chi connectivity index (χ0v) is 15.4. The van der Waals surface area contributed by atoms with Gasteiger partial charge in [-0.15, -0.1) is 0 Å². The van der Waals surface area contributed by atoms with E-state index >= 15 is 0 Å². The molecule has 0 saturated carbocycles. The molecule has 2 rings (SSSR count). The van der Waals surface area contributed by atoms with Crippen LogP contribution in [0.15, 0.2) is 30.0 Å². The molecule has 2 amide bonds. The van der Waals surface area contributed by atoms with Crippen molar-refractivity contribution in [3.63, 3.8) is 0 Å². The Morgan fingerprint density at radius 3 is 2.10 bits per heavy atom. The Kier molecular flexibility index (Phi) is 7.36. The van der Waals surface area contributed by atoms with Crippen molar-refractivity contribution >= 4 is 17.5 Å². The Morgan fingerprint density at radius 1 is 1.00 bits per heavy atom. The van der Waals surface area contributed by atoms with Crippen LogP contribution < -0.4 is 14.8 Å². The molecule has 0 unspecified atom stereocenters. The summed E-state index contributed by atoms with van der Waals surface area (Å²) in [6, 6.07) is 2.62. The number of hydrogen-bond donors (Lipinski definition) is 2. The quantitative estimate of drug-likeness (QED) is 0.412. The smallest absolute Gasteiger partial charge is 0.422 e. The van der Waals surface area contributed by atoms with E-state index in [-0.39, 0.29) is 17.9 Å². The lowest BCUT2D eigenvalue weighted by molar-refractivity contribution is -0.153. The van der Waals surface area contributed by atoms with Crippen LogP contribution in [0.25, 0.3) is 0 Å². The molecule has 0 fully saturated rings. The number of imide groups is 1. The van der Waals surface area contributed by atoms with Gasteiger partial charge in [0.1, 0.15) is 17.2 Å². The van der Waals surface area contributed by atoms with Crippen LogP contribution in [0.3, 0.4) is 0 Å². The lowest BCUT2D eigenvalue weighted by Gasteiger charge is -2.18. The number of nitrogens with one attached hydrogen (secondary N) is 1. The molecule has 1 aliphatic heterocycles. The molecule has 31 heavy (non-hydrogen) atoms. The van der Waals surface area contributed by atoms with E-state index in [2.05, 4.69) is 14.8 Å². The van der Waals surface area contributed by atoms with Crippen molar-refractivity contribution in [3.8, 4) is 11.5 Å². The van der Waals surface area contributed by atoms with Gasteiger partial charge < -0.3 is 19.9 Å². The monoisotopic (exact) mass is 460 g/mol. The first-order valence-corrected chi connectivity index (χ1v) is 8.41. The number of anilines is 1. The van der Waals surface area contributed by atoms with Gasteiger partial charge in [-0.1, -0.05) is 0 Å². The lowest BCUT2D eigenvalue weighted by Crippen LogP contribution is -2.34. The number of benzene rings is 1. The summed E-state index contributed by atoms with van der Waals surface area (Å²) in [5.74, 6) is -7.28. The first-order chi connectivity index (χ1) is 14.3. The second-order valence-electron chi connectivity index (χ2n) is 6.15. The van der Waals surface area contributed by atoms with Crippen LogP contribution in [-0.4, -0.2) is 66.7 Å². The SMILES string of the molecule is O=C1C=C(Nc2cc(OCC(F)(F)F)cc(OCC(F)(F)C(F)F)c2)C(=O)N1CCO. The van der Waals surface area contributed by atoms with Gasteiger partial charge in [-0.2, -0.15) is 22.0 Å². The molecule has 1 aromatic carbocycles. The number of nitrogens with zero attached hydrogens (tertiary/aromatic N) is 1. The summed E-state index contributed by atoms with van der Waals surface area (Å²) >= 11 is 0. The largest absolute Gasteiger partial charge is 0.487 e. The summed E-state index contributed by atoms with van der Waals surface area (Å²) < 4.78 is 97.0. The van der Waals surface area contributed by atoms with Crippen molar-refractivity contribution in [1.29, 1.82) is 0 Å². The van der Waals surface area contributed by atoms with E-state index < -0.39 is 61.7 Å². The second-order valence-corrected chi connectivity index (χ2v) is 6.15. The molecule has 172 valence electrons. The van der Waals surface area contributed by atoms with Crippen LogP contribution in [0, 0.1) is 0 Å². The molecule has 0 aliphatic carbocycles. The molecule has 1 aromatic rings. The summed E-state index contributed by atoms with van der Waals surface area (Å²) in [7, 11) is 0. The van der Waals surface area contributed by atoms with Crippen molar-refractivity contribution in [2.24, 2.45) is 0 Å². The molecule has 0 atom stereocenters. The van der Waals surface area contributed by atoms with Gasteiger partial charge in [-0.3, -0.25) is 14.5 Å². The van der Waals surface area contributed by atoms with Crippen LogP contribution >= 0.6 is 0 Å². The van der Waals surface area contributed by atoms with Crippen LogP contribution in [0.5, 0.6) is 11.5 Å². The number of rotatable bonds is 10. The van der Waals surface area contributed by atoms with Crippen molar-refractivity contribution in [3.05, 3.63) is 30.0 Å². The number of carbonyl (C=O) groups is 2. The fourth-order valence-electron chi connectivity index (χ4n) is 2.28. The van der Waals surface area contributed by atoms with E-state index in [4.69, 9.17) is 5.11 Å². The predicted molar refractivity (Wildman–Crippen MR) is 89.9 cm³/mol. The van der Waals surface area contributed by atoms with E-state index in [0.29, 0.717) is 4.90 Å². The maximum atomic E-state index is 13.1. The van der Waals surface area contributed by atoms with Gasteiger partial charge in [-0.05, 0) is 0 Å². The van der Waals surface area contributed by atoms with Gasteiger partial charge in [0.2, 0.25) is 0 Å². The standard InChI is InChI=1S/C17H15F7N2O5/c18-15(19)16(20,21)7-30-10-3-9(4-11(5-10)31-8-17(22,23)24)25-12-6-13(28)26(1-2-27)14(12)29/h3-6,15,25,27H,1-2,7-8H2. The highest BCUT2D eigenvalue weighted by Gasteiger charge is 2.42. The minimum absolute atomic E-state index is 0.215. The third-order valence-electron chi connectivity index (χ3n) is 3.65. The zero-order valence-electron chi connectivity index (χ0n) is 15.4. The lowest BCUT2D eigenvalue weighted by atomic mass is 10.2. The highest BCUT2D eigenvalue weighted by molar-refractivity contribution is 6.17. The second kappa shape index (κ2) is 9.41. The number of aliphatic hydroxyl groups is 1. The number of aliphatic hydroxyl groups excluding tert-OH is 1. The summed E-state index contributed by atoms with van der Waals surface area (Å²) in [5, 5.41) is 11.3. The highest BCUT2D eigenvalue weighted by Crippen LogP contribution is 2.31. The molecule has 0 radical (unpaired) electrons. The van der Waals surface area contributed by atoms with Gasteiger partial charge in [-0.25, -0.2) is 8.78 Å². The van der Waals surface area contributed by atoms with E-state index in [1.807, 2.05) is 0 Å². The molecule has 0 aromatic heterocycles. The van der Waals surface area contributed by atoms with Crippen molar-refractivity contribution in [2.75, 3.05) is 31.7 Å². The van der Waals surface area contributed by atoms with Gasteiger partial charge in [0.05, 0.1) is 13.2 Å². The number of β-amino-alcohol motifs (C(OH)–C–C–N with tert-alkyl or cyclic N) is 1. The third kappa shape index (κ3) is 6.73. The summed E-state index contributed by atoms with van der Waals surface area (Å²) in [6.45, 7) is -4.37. The Bertz CT molecular complexity index is 858. The minimum Gasteiger partial charge on any atom is -0.487 e. The normalized spacial score (nSPS) is 14.9. The number of amides is 2. The Morgan fingerprint density at radius 2 is 1.58 bits per heavy atom. The predicted octanol–water partition coefficient (Wildman–Crippen LogP) is 2.56. The molecule has 7 nitrogen and oxygen atoms in total. The van der Waals surface area contributed by atoms with Gasteiger partial charge in [0.15, 0.2) is 13.2 Å². The van der Waals surface area contributed by atoms with Crippen molar-refractivity contribution < 1.29 is 54.9 Å². The summed E-state index contributed by atoms with van der Waals surface area (Å²) in [5.41, 5.74) is -0.552. The van der Waals surface area contributed by atoms with Crippen molar-refractivity contribution in [1.82, 2.24) is 4.90 Å². The van der Waals surface area contributed by atoms with E-state index in [0.717, 1.165) is 24.3 Å². The van der Waals surface area contributed by atoms with Crippen LogP contribution in [0.4, 0.5) is 36.4 Å². The van der Waals surface area contributed by atoms with E-state index in [1.54, 1.807) is 0 Å². The van der Waals surface area contributed by atoms with Gasteiger partial charge in [0.25, 0.3) is 11.8 Å². The maximum absolute atomic E-state index is 13.1. The average Bonchev–Trinajstić information content (AvgIpc) is 2.92. The number of halogens is 7. The zero-order chi connectivity index (χ0) is 23.4. The fourth-order valence-corrected chi connectivity index (χ4v) is 2.28. The molecular weight excluding hydrogens is 445 g/mol. The van der Waals surface area contributed by atoms with Gasteiger partial charge in [0, 0.05) is 30.0 Å². The maximum Gasteiger partial charge on any atom is 0.422 e. The summed E-state index contributed by atoms with van der Waals surface area (Å²) in [6.07, 6.45) is -7.94. The highest BCUT2D eigenvalue weighted by atomic mass is 19.4. The molecule has 2 N–H and O–H groups in total. The molecule has 0 saturated heterocycles. The number of ether oxygens (including phenoxy) is 2. The van der Waals surface area contributed by atoms with Crippen LogP contribution in [0.2, 0.25) is 0 Å². The van der Waals surface area contributed by atoms with E-state index in [9.17, 15) is 40.3 Å². The molecule has 0 bridgehead atoms. The minimum atomic E-state index is -4.74. The summed E-state index contributed by atoms with van der Waals surface area (Å²) in [4.78, 5) is 24.6. The van der Waals surface area contributed by atoms with Crippen LogP contribution in [-0.2, 0) is 9.59 Å². The molecule has 0 spiro atoms. The van der Waals surface area contributed by atoms with E-state index in [1.165, 1.54) is 0 Å². The number of carbonyl (C=O) groups excluding carboxylic acids is 2. The average molecular weight is 460 g/mol. The molecular formula is C17H15F7N2O5. The third-order valence-corrected chi connectivity index (χ3v) is 3.65. The fraction of sp³-hybridized carbons (Fsp3) is 0.412. The Hall–Kier alpha value is -3.03. The number of alkyl halides is 7. The van der Waals surface area contributed by atoms with Gasteiger partial charge >= 0.3 is 18.5 Å². The van der Waals surface area contributed by atoms with Crippen molar-refractivity contribution in [2.45, 2.75) is 18.5 Å². The molecule has 14 heteroatoms. The molecule has 1 heterocycles. The number of hydrogen-bond acceptors (Lipinski definition) is 6. The first-order valence-electron chi connectivity index (χ1n) is 8.41. The topological polar surface area (TPSA) is 88.1 Å².